The zero-order valence-corrected chi connectivity index (χ0v) is 14.8. The first kappa shape index (κ1) is 16.7. The molecule has 0 unspecified atom stereocenters. The van der Waals surface area contributed by atoms with E-state index in [0.29, 0.717) is 5.92 Å². The summed E-state index contributed by atoms with van der Waals surface area (Å²) < 4.78 is 3.34. The third-order valence-corrected chi connectivity index (χ3v) is 5.87. The van der Waals surface area contributed by atoms with Crippen LogP contribution in [0.4, 0.5) is 0 Å². The molecule has 3 rings (SSSR count). The first-order valence-electron chi connectivity index (χ1n) is 9.55. The second kappa shape index (κ2) is 7.65. The van der Waals surface area contributed by atoms with Crippen molar-refractivity contribution in [3.8, 4) is 0 Å². The van der Waals surface area contributed by atoms with Crippen LogP contribution >= 0.6 is 0 Å². The van der Waals surface area contributed by atoms with Gasteiger partial charge < -0.3 is 4.90 Å². The van der Waals surface area contributed by atoms with Crippen molar-refractivity contribution in [3.63, 3.8) is 0 Å². The first-order valence-corrected chi connectivity index (χ1v) is 9.55. The molecule has 5 nitrogen and oxygen atoms in total. The molecule has 1 saturated carbocycles. The molecule has 1 aliphatic carbocycles. The van der Waals surface area contributed by atoms with Crippen molar-refractivity contribution in [2.75, 3.05) is 19.6 Å². The summed E-state index contributed by atoms with van der Waals surface area (Å²) in [5.74, 6) is 2.47. The quantitative estimate of drug-likeness (QED) is 0.809. The van der Waals surface area contributed by atoms with Crippen LogP contribution in [0.3, 0.4) is 0 Å². The number of aryl methyl sites for hydroxylation is 1. The first-order chi connectivity index (χ1) is 11.2. The maximum atomic E-state index is 12.0. The van der Waals surface area contributed by atoms with Crippen LogP contribution in [0.15, 0.2) is 4.79 Å². The van der Waals surface area contributed by atoms with Crippen molar-refractivity contribution in [3.05, 3.63) is 16.3 Å². The second-order valence-corrected chi connectivity index (χ2v) is 7.42. The molecular weight excluding hydrogens is 288 g/mol. The normalized spacial score (nSPS) is 21.3. The standard InChI is InChI=1S/C18H32N4O/c1-3-22-17(19-20(2)18(22)23)16-10-13-21(14-11-16)12-6-9-15-7-4-5-8-15/h15-16H,3-14H2,1-2H3. The van der Waals surface area contributed by atoms with Crippen molar-refractivity contribution < 1.29 is 0 Å². The van der Waals surface area contributed by atoms with Crippen LogP contribution in [0.2, 0.25) is 0 Å². The van der Waals surface area contributed by atoms with E-state index >= 15 is 0 Å². The van der Waals surface area contributed by atoms with E-state index in [-0.39, 0.29) is 5.69 Å². The van der Waals surface area contributed by atoms with Gasteiger partial charge in [0.05, 0.1) is 0 Å². The third kappa shape index (κ3) is 3.87. The van der Waals surface area contributed by atoms with Crippen LogP contribution in [0.5, 0.6) is 0 Å². The summed E-state index contributed by atoms with van der Waals surface area (Å²) in [6, 6.07) is 0. The predicted octanol–water partition coefficient (Wildman–Crippen LogP) is 2.75. The highest BCUT2D eigenvalue weighted by Crippen LogP contribution is 2.29. The van der Waals surface area contributed by atoms with Gasteiger partial charge in [0.2, 0.25) is 0 Å². The Morgan fingerprint density at radius 3 is 2.48 bits per heavy atom. The number of hydrogen-bond acceptors (Lipinski definition) is 3. The minimum atomic E-state index is 0.0292. The lowest BCUT2D eigenvalue weighted by Crippen LogP contribution is -2.35. The smallest absolute Gasteiger partial charge is 0.303 e. The molecule has 2 aliphatic rings. The molecule has 0 atom stereocenters. The van der Waals surface area contributed by atoms with E-state index in [1.165, 1.54) is 49.8 Å². The number of nitrogens with zero attached hydrogens (tertiary/aromatic N) is 4. The van der Waals surface area contributed by atoms with E-state index in [9.17, 15) is 4.79 Å². The van der Waals surface area contributed by atoms with Crippen LogP contribution < -0.4 is 5.69 Å². The van der Waals surface area contributed by atoms with Gasteiger partial charge in [-0.15, -0.1) is 0 Å². The Hall–Kier alpha value is -1.10. The molecule has 0 spiro atoms. The molecule has 0 radical (unpaired) electrons. The van der Waals surface area contributed by atoms with Crippen LogP contribution in [-0.2, 0) is 13.6 Å². The van der Waals surface area contributed by atoms with E-state index in [1.54, 1.807) is 7.05 Å². The number of aromatic nitrogens is 3. The zero-order valence-electron chi connectivity index (χ0n) is 14.8. The average molecular weight is 320 g/mol. The van der Waals surface area contributed by atoms with E-state index in [0.717, 1.165) is 44.2 Å². The Bertz CT molecular complexity index is 548. The minimum Gasteiger partial charge on any atom is -0.303 e. The molecule has 5 heteroatoms. The number of hydrogen-bond donors (Lipinski definition) is 0. The number of piperidine rings is 1. The molecule has 0 amide bonds. The Morgan fingerprint density at radius 2 is 1.83 bits per heavy atom. The van der Waals surface area contributed by atoms with Crippen molar-refractivity contribution in [1.29, 1.82) is 0 Å². The van der Waals surface area contributed by atoms with Crippen LogP contribution in [0.25, 0.3) is 0 Å². The van der Waals surface area contributed by atoms with Crippen molar-refractivity contribution in [2.45, 2.75) is 70.8 Å². The summed E-state index contributed by atoms with van der Waals surface area (Å²) in [6.45, 7) is 6.33. The highest BCUT2D eigenvalue weighted by Gasteiger charge is 2.25. The summed E-state index contributed by atoms with van der Waals surface area (Å²) >= 11 is 0. The molecule has 1 aliphatic heterocycles. The molecule has 1 saturated heterocycles. The summed E-state index contributed by atoms with van der Waals surface area (Å²) in [7, 11) is 1.76. The van der Waals surface area contributed by atoms with Crippen LogP contribution in [-0.4, -0.2) is 38.9 Å². The maximum absolute atomic E-state index is 12.0. The molecule has 0 aromatic carbocycles. The minimum absolute atomic E-state index is 0.0292. The largest absolute Gasteiger partial charge is 0.345 e. The predicted molar refractivity (Wildman–Crippen MR) is 92.7 cm³/mol. The number of likely N-dealkylation sites (tertiary alicyclic amines) is 1. The van der Waals surface area contributed by atoms with Gasteiger partial charge in [-0.25, -0.2) is 9.48 Å². The second-order valence-electron chi connectivity index (χ2n) is 7.42. The zero-order chi connectivity index (χ0) is 16.2. The van der Waals surface area contributed by atoms with E-state index in [1.807, 2.05) is 11.5 Å². The van der Waals surface area contributed by atoms with Gasteiger partial charge in [0.15, 0.2) is 0 Å². The average Bonchev–Trinajstić information content (AvgIpc) is 3.17. The van der Waals surface area contributed by atoms with Gasteiger partial charge >= 0.3 is 5.69 Å². The Kier molecular flexibility index (Phi) is 5.57. The monoisotopic (exact) mass is 320 g/mol. The van der Waals surface area contributed by atoms with E-state index in [2.05, 4.69) is 10.00 Å². The maximum Gasteiger partial charge on any atom is 0.345 e. The molecule has 0 bridgehead atoms. The SMILES string of the molecule is CCn1c(C2CCN(CCCC3CCCC3)CC2)nn(C)c1=O. The van der Waals surface area contributed by atoms with E-state index in [4.69, 9.17) is 0 Å². The Balaban J connectivity index is 1.46. The fourth-order valence-corrected chi connectivity index (χ4v) is 4.44. The van der Waals surface area contributed by atoms with E-state index < -0.39 is 0 Å². The molecule has 2 fully saturated rings. The fourth-order valence-electron chi connectivity index (χ4n) is 4.44. The van der Waals surface area contributed by atoms with Gasteiger partial charge in [0.1, 0.15) is 5.82 Å². The molecule has 1 aromatic rings. The molecular formula is C18H32N4O. The highest BCUT2D eigenvalue weighted by atomic mass is 16.2. The Morgan fingerprint density at radius 1 is 1.13 bits per heavy atom. The van der Waals surface area contributed by atoms with Gasteiger partial charge in [-0.05, 0) is 58.2 Å². The van der Waals surface area contributed by atoms with Crippen LogP contribution in [0.1, 0.15) is 70.0 Å². The van der Waals surface area contributed by atoms with Crippen molar-refractivity contribution >= 4 is 0 Å². The molecule has 130 valence electrons. The lowest BCUT2D eigenvalue weighted by molar-refractivity contribution is 0.200. The third-order valence-electron chi connectivity index (χ3n) is 5.87. The van der Waals surface area contributed by atoms with Gasteiger partial charge in [0, 0.05) is 19.5 Å². The molecule has 1 aromatic heterocycles. The Labute approximate surface area is 139 Å². The molecule has 23 heavy (non-hydrogen) atoms. The highest BCUT2D eigenvalue weighted by molar-refractivity contribution is 4.99. The number of rotatable bonds is 6. The fraction of sp³-hybridized carbons (Fsp3) is 0.889. The summed E-state index contributed by atoms with van der Waals surface area (Å²) in [4.78, 5) is 14.7. The lowest BCUT2D eigenvalue weighted by Gasteiger charge is -2.31. The van der Waals surface area contributed by atoms with Crippen molar-refractivity contribution in [2.24, 2.45) is 13.0 Å². The lowest BCUT2D eigenvalue weighted by atomic mass is 9.95. The van der Waals surface area contributed by atoms with Crippen molar-refractivity contribution in [1.82, 2.24) is 19.2 Å². The summed E-state index contributed by atoms with van der Waals surface area (Å²) in [6.07, 6.45) is 10.9. The van der Waals surface area contributed by atoms with Gasteiger partial charge in [-0.2, -0.15) is 5.10 Å². The van der Waals surface area contributed by atoms with Crippen LogP contribution in [0, 0.1) is 5.92 Å². The molecule has 0 N–H and O–H groups in total. The molecule has 2 heterocycles. The van der Waals surface area contributed by atoms with Gasteiger partial charge in [0.25, 0.3) is 0 Å². The summed E-state index contributed by atoms with van der Waals surface area (Å²) in [5.41, 5.74) is 0.0292. The van der Waals surface area contributed by atoms with Gasteiger partial charge in [-0.3, -0.25) is 4.57 Å². The summed E-state index contributed by atoms with van der Waals surface area (Å²) in [5, 5.41) is 4.49. The van der Waals surface area contributed by atoms with Gasteiger partial charge in [-0.1, -0.05) is 25.7 Å². The topological polar surface area (TPSA) is 43.1 Å².